The lowest BCUT2D eigenvalue weighted by molar-refractivity contribution is 0.632. The van der Waals surface area contributed by atoms with Gasteiger partial charge in [0.2, 0.25) is 0 Å². The van der Waals surface area contributed by atoms with Gasteiger partial charge in [0, 0.05) is 41.6 Å². The van der Waals surface area contributed by atoms with Crippen molar-refractivity contribution in [1.29, 1.82) is 0 Å². The zero-order chi connectivity index (χ0) is 23.8. The predicted octanol–water partition coefficient (Wildman–Crippen LogP) is 10.3. The number of hydrogen-bond donors (Lipinski definition) is 0. The number of benzene rings is 3. The van der Waals surface area contributed by atoms with Crippen molar-refractivity contribution in [2.45, 2.75) is 26.7 Å². The van der Waals surface area contributed by atoms with Crippen LogP contribution in [0.2, 0.25) is 0 Å². The van der Waals surface area contributed by atoms with Crippen LogP contribution in [0.1, 0.15) is 23.6 Å². The molecule has 6 rings (SSSR count). The fourth-order valence-corrected chi connectivity index (χ4v) is 6.99. The summed E-state index contributed by atoms with van der Waals surface area (Å²) in [5.41, 5.74) is 7.21. The fraction of sp³-hybridized carbons (Fsp3) is 0.125. The normalized spacial score (nSPS) is 11.4. The van der Waals surface area contributed by atoms with Crippen LogP contribution in [0.5, 0.6) is 0 Å². The van der Waals surface area contributed by atoms with Gasteiger partial charge in [0.25, 0.3) is 0 Å². The van der Waals surface area contributed by atoms with Crippen LogP contribution < -0.4 is 0 Å². The van der Waals surface area contributed by atoms with Gasteiger partial charge in [-0.3, -0.25) is 0 Å². The molecule has 1 nitrogen and oxygen atoms in total. The third kappa shape index (κ3) is 3.95. The zero-order valence-corrected chi connectivity index (χ0v) is 21.5. The number of hydrogen-bond acceptors (Lipinski definition) is 3. The van der Waals surface area contributed by atoms with Gasteiger partial charge in [0.15, 0.2) is 0 Å². The molecule has 0 radical (unpaired) electrons. The molecule has 172 valence electrons. The molecule has 3 aromatic carbocycles. The van der Waals surface area contributed by atoms with Crippen LogP contribution in [0.4, 0.5) is 0 Å². The second kappa shape index (κ2) is 9.33. The smallest absolute Gasteiger partial charge is 0.144 e. The molecule has 0 amide bonds. The van der Waals surface area contributed by atoms with Crippen molar-refractivity contribution in [3.63, 3.8) is 0 Å². The van der Waals surface area contributed by atoms with Crippen LogP contribution in [0.15, 0.2) is 101 Å². The van der Waals surface area contributed by atoms with Gasteiger partial charge >= 0.3 is 0 Å². The Labute approximate surface area is 214 Å². The largest absolute Gasteiger partial charge is 0.455 e. The second-order valence-corrected chi connectivity index (χ2v) is 10.9. The minimum absolute atomic E-state index is 0.946. The molecule has 3 heteroatoms. The van der Waals surface area contributed by atoms with E-state index in [1.807, 2.05) is 22.7 Å². The molecule has 6 aromatic rings. The summed E-state index contributed by atoms with van der Waals surface area (Å²) in [7, 11) is 0. The summed E-state index contributed by atoms with van der Waals surface area (Å²) in [6, 6.07) is 34.5. The lowest BCUT2D eigenvalue weighted by Gasteiger charge is -2.05. The van der Waals surface area contributed by atoms with Gasteiger partial charge in [-0.05, 0) is 42.2 Å². The van der Waals surface area contributed by atoms with E-state index in [0.29, 0.717) is 0 Å². The highest BCUT2D eigenvalue weighted by atomic mass is 32.1. The molecule has 0 N–H and O–H groups in total. The first-order valence-corrected chi connectivity index (χ1v) is 13.8. The van der Waals surface area contributed by atoms with Crippen molar-refractivity contribution in [3.8, 4) is 43.3 Å². The molecule has 0 unspecified atom stereocenters. The average molecular weight is 491 g/mol. The monoisotopic (exact) mass is 490 g/mol. The van der Waals surface area contributed by atoms with Crippen LogP contribution in [0, 0.1) is 0 Å². The summed E-state index contributed by atoms with van der Waals surface area (Å²) in [6.45, 7) is 4.49. The zero-order valence-electron chi connectivity index (χ0n) is 19.9. The van der Waals surface area contributed by atoms with Crippen molar-refractivity contribution in [2.75, 3.05) is 0 Å². The first-order valence-electron chi connectivity index (χ1n) is 12.1. The highest BCUT2D eigenvalue weighted by Crippen LogP contribution is 2.49. The topological polar surface area (TPSA) is 13.1 Å². The van der Waals surface area contributed by atoms with Gasteiger partial charge in [-0.1, -0.05) is 92.7 Å². The van der Waals surface area contributed by atoms with Gasteiger partial charge in [-0.2, -0.15) is 0 Å². The fourth-order valence-electron chi connectivity index (χ4n) is 4.78. The molecule has 3 heterocycles. The first-order chi connectivity index (χ1) is 17.3. The summed E-state index contributed by atoms with van der Waals surface area (Å²) >= 11 is 3.77. The number of furan rings is 1. The Balaban J connectivity index is 1.60. The maximum Gasteiger partial charge on any atom is 0.144 e. The van der Waals surface area contributed by atoms with Crippen LogP contribution >= 0.6 is 22.7 Å². The van der Waals surface area contributed by atoms with Crippen molar-refractivity contribution < 1.29 is 4.42 Å². The molecule has 0 saturated heterocycles. The summed E-state index contributed by atoms with van der Waals surface area (Å²) in [5, 5.41) is 1.18. The molecule has 0 spiro atoms. The molecule has 35 heavy (non-hydrogen) atoms. The summed E-state index contributed by atoms with van der Waals surface area (Å²) < 4.78 is 6.66. The van der Waals surface area contributed by atoms with Gasteiger partial charge < -0.3 is 4.42 Å². The third-order valence-corrected chi connectivity index (χ3v) is 9.14. The van der Waals surface area contributed by atoms with Gasteiger partial charge in [0.05, 0.1) is 0 Å². The Morgan fingerprint density at radius 2 is 1.11 bits per heavy atom. The second-order valence-electron chi connectivity index (χ2n) is 8.64. The van der Waals surface area contributed by atoms with Gasteiger partial charge in [-0.25, -0.2) is 0 Å². The summed E-state index contributed by atoms with van der Waals surface area (Å²) in [6.07, 6.45) is 1.97. The molecule has 3 aromatic heterocycles. The van der Waals surface area contributed by atoms with Crippen molar-refractivity contribution in [3.05, 3.63) is 107 Å². The average Bonchev–Trinajstić information content (AvgIpc) is 3.64. The van der Waals surface area contributed by atoms with Crippen LogP contribution in [-0.2, 0) is 12.8 Å². The molecule has 0 fully saturated rings. The van der Waals surface area contributed by atoms with Crippen LogP contribution in [0.3, 0.4) is 0 Å². The minimum Gasteiger partial charge on any atom is -0.455 e. The van der Waals surface area contributed by atoms with Gasteiger partial charge in [0.1, 0.15) is 11.3 Å². The quantitative estimate of drug-likeness (QED) is 0.226. The standard InChI is InChI=1S/C32H26OS2/c1-3-27-24(19-29(34-27)21-13-7-5-8-14-21)31-23-17-11-12-18-26(23)33-32(31)25-20-30(35-28(25)4-2)22-15-9-6-10-16-22/h5-20H,3-4H2,1-2H3. The molecule has 0 bridgehead atoms. The van der Waals surface area contributed by atoms with E-state index in [2.05, 4.69) is 111 Å². The van der Waals surface area contributed by atoms with E-state index in [1.165, 1.54) is 52.7 Å². The van der Waals surface area contributed by atoms with Crippen molar-refractivity contribution >= 4 is 33.6 Å². The van der Waals surface area contributed by atoms with E-state index in [9.17, 15) is 0 Å². The lowest BCUT2D eigenvalue weighted by atomic mass is 9.97. The molecule has 0 aliphatic heterocycles. The van der Waals surface area contributed by atoms with E-state index in [1.54, 1.807) is 0 Å². The number of thiophene rings is 2. The van der Waals surface area contributed by atoms with E-state index in [-0.39, 0.29) is 0 Å². The van der Waals surface area contributed by atoms with Crippen molar-refractivity contribution in [1.82, 2.24) is 0 Å². The Hall–Kier alpha value is -3.40. The van der Waals surface area contributed by atoms with Crippen LogP contribution in [0.25, 0.3) is 54.3 Å². The van der Waals surface area contributed by atoms with E-state index in [0.717, 1.165) is 24.2 Å². The molecular weight excluding hydrogens is 464 g/mol. The number of aryl methyl sites for hydroxylation is 2. The number of rotatable bonds is 6. The van der Waals surface area contributed by atoms with Crippen molar-refractivity contribution in [2.24, 2.45) is 0 Å². The van der Waals surface area contributed by atoms with Gasteiger partial charge in [-0.15, -0.1) is 22.7 Å². The molecule has 0 aliphatic carbocycles. The Kier molecular flexibility index (Phi) is 5.89. The SMILES string of the molecule is CCc1sc(-c2ccccc2)cc1-c1oc2ccccc2c1-c1cc(-c2ccccc2)sc1CC. The lowest BCUT2D eigenvalue weighted by Crippen LogP contribution is -1.85. The molecule has 0 saturated carbocycles. The predicted molar refractivity (Wildman–Crippen MR) is 152 cm³/mol. The molecular formula is C32H26OS2. The Bertz CT molecular complexity index is 1600. The van der Waals surface area contributed by atoms with E-state index < -0.39 is 0 Å². The summed E-state index contributed by atoms with van der Waals surface area (Å²) in [5.74, 6) is 0.994. The highest BCUT2D eigenvalue weighted by Gasteiger charge is 2.24. The molecule has 0 atom stereocenters. The third-order valence-electron chi connectivity index (χ3n) is 6.49. The maximum atomic E-state index is 6.66. The Morgan fingerprint density at radius 1 is 0.600 bits per heavy atom. The Morgan fingerprint density at radius 3 is 1.71 bits per heavy atom. The van der Waals surface area contributed by atoms with Crippen LogP contribution in [-0.4, -0.2) is 0 Å². The molecule has 0 aliphatic rings. The maximum absolute atomic E-state index is 6.66. The number of para-hydroxylation sites is 1. The number of fused-ring (bicyclic) bond motifs is 1. The first kappa shape index (κ1) is 22.1. The minimum atomic E-state index is 0.946. The summed E-state index contributed by atoms with van der Waals surface area (Å²) in [4.78, 5) is 5.35. The highest BCUT2D eigenvalue weighted by molar-refractivity contribution is 7.16. The van der Waals surface area contributed by atoms with E-state index in [4.69, 9.17) is 4.42 Å². The van der Waals surface area contributed by atoms with E-state index >= 15 is 0 Å².